The van der Waals surface area contributed by atoms with Crippen LogP contribution in [0.25, 0.3) is 0 Å². The molecule has 0 spiro atoms. The van der Waals surface area contributed by atoms with Crippen molar-refractivity contribution in [3.05, 3.63) is 29.8 Å². The summed E-state index contributed by atoms with van der Waals surface area (Å²) in [7, 11) is 0. The first-order valence-electron chi connectivity index (χ1n) is 13.0. The quantitative estimate of drug-likeness (QED) is 0.588. The molecule has 3 aliphatic heterocycles. The van der Waals surface area contributed by atoms with E-state index in [0.29, 0.717) is 36.7 Å². The lowest BCUT2D eigenvalue weighted by molar-refractivity contribution is 0.171. The van der Waals surface area contributed by atoms with Crippen LogP contribution < -0.4 is 29.9 Å². The minimum Gasteiger partial charge on any atom is -0.486 e. The zero-order valence-corrected chi connectivity index (χ0v) is 21.4. The van der Waals surface area contributed by atoms with Crippen LogP contribution in [0.5, 0.6) is 11.5 Å². The summed E-state index contributed by atoms with van der Waals surface area (Å²) in [6, 6.07) is 8.13. The molecule has 5 rings (SSSR count). The van der Waals surface area contributed by atoms with Crippen molar-refractivity contribution in [2.75, 3.05) is 54.5 Å². The number of ether oxygens (including phenoxy) is 2. The molecule has 0 saturated carbocycles. The van der Waals surface area contributed by atoms with Crippen molar-refractivity contribution in [1.29, 1.82) is 0 Å². The van der Waals surface area contributed by atoms with Crippen molar-refractivity contribution < 1.29 is 9.47 Å². The van der Waals surface area contributed by atoms with Crippen molar-refractivity contribution >= 4 is 34.9 Å². The maximum Gasteiger partial charge on any atom is 0.232 e. The predicted molar refractivity (Wildman–Crippen MR) is 144 cm³/mol. The lowest BCUT2D eigenvalue weighted by Gasteiger charge is -2.33. The molecule has 2 fully saturated rings. The minimum absolute atomic E-state index is 0.505. The van der Waals surface area contributed by atoms with Gasteiger partial charge in [-0.05, 0) is 61.5 Å². The number of nitrogens with zero attached hydrogens (tertiary/aromatic N) is 4. The Kier molecular flexibility index (Phi) is 7.71. The smallest absolute Gasteiger partial charge is 0.232 e. The summed E-state index contributed by atoms with van der Waals surface area (Å²) >= 11 is 5.61. The van der Waals surface area contributed by atoms with Crippen LogP contribution in [-0.2, 0) is 6.54 Å². The van der Waals surface area contributed by atoms with Gasteiger partial charge < -0.3 is 29.9 Å². The van der Waals surface area contributed by atoms with Gasteiger partial charge in [0.1, 0.15) is 24.8 Å². The van der Waals surface area contributed by atoms with Crippen molar-refractivity contribution in [2.45, 2.75) is 52.0 Å². The molecule has 0 unspecified atom stereocenters. The van der Waals surface area contributed by atoms with Crippen LogP contribution >= 0.6 is 12.2 Å². The molecule has 0 bridgehead atoms. The summed E-state index contributed by atoms with van der Waals surface area (Å²) in [5, 5.41) is 7.04. The molecule has 0 radical (unpaired) electrons. The molecule has 4 heterocycles. The van der Waals surface area contributed by atoms with Crippen molar-refractivity contribution in [2.24, 2.45) is 5.92 Å². The SMILES string of the molecule is C[C@@H]1CCCN(c2cc(N3CCCCCC3)nc(NC(=S)NCc3ccc4c(c3)OCCO4)n2)C1. The largest absolute Gasteiger partial charge is 0.486 e. The van der Waals surface area contributed by atoms with E-state index in [1.807, 2.05) is 18.2 Å². The van der Waals surface area contributed by atoms with Gasteiger partial charge in [0.05, 0.1) is 0 Å². The lowest BCUT2D eigenvalue weighted by atomic mass is 10.0. The van der Waals surface area contributed by atoms with E-state index in [9.17, 15) is 0 Å². The Labute approximate surface area is 213 Å². The standard InChI is InChI=1S/C26H36N6O2S/c1-19-7-6-12-32(18-19)24-16-23(31-10-4-2-3-5-11-31)28-25(29-24)30-26(35)27-17-20-8-9-21-22(15-20)34-14-13-33-21/h8-9,15-16,19H,2-7,10-14,17-18H2,1H3,(H2,27,28,29,30,35)/t19-/m1/s1. The number of thiocarbonyl (C=S) groups is 1. The van der Waals surface area contributed by atoms with Crippen molar-refractivity contribution in [1.82, 2.24) is 15.3 Å². The maximum absolute atomic E-state index is 5.69. The normalized spacial score (nSPS) is 20.2. The average molecular weight is 497 g/mol. The third-order valence-electron chi connectivity index (χ3n) is 6.90. The topological polar surface area (TPSA) is 74.8 Å². The van der Waals surface area contributed by atoms with Crippen LogP contribution in [0.2, 0.25) is 0 Å². The van der Waals surface area contributed by atoms with Gasteiger partial charge in [-0.3, -0.25) is 0 Å². The minimum atomic E-state index is 0.505. The Balaban J connectivity index is 1.29. The highest BCUT2D eigenvalue weighted by atomic mass is 32.1. The zero-order chi connectivity index (χ0) is 24.0. The Morgan fingerprint density at radius 1 is 0.943 bits per heavy atom. The molecule has 1 aromatic carbocycles. The first kappa shape index (κ1) is 23.9. The van der Waals surface area contributed by atoms with E-state index in [1.165, 1.54) is 38.5 Å². The van der Waals surface area contributed by atoms with Gasteiger partial charge in [0.2, 0.25) is 5.95 Å². The van der Waals surface area contributed by atoms with Crippen LogP contribution in [0.4, 0.5) is 17.6 Å². The maximum atomic E-state index is 5.69. The highest BCUT2D eigenvalue weighted by Crippen LogP contribution is 2.31. The molecular weight excluding hydrogens is 460 g/mol. The van der Waals surface area contributed by atoms with Gasteiger partial charge in [-0.25, -0.2) is 0 Å². The highest BCUT2D eigenvalue weighted by molar-refractivity contribution is 7.80. The lowest BCUT2D eigenvalue weighted by Crippen LogP contribution is -2.36. The monoisotopic (exact) mass is 496 g/mol. The van der Waals surface area contributed by atoms with Gasteiger partial charge in [0.25, 0.3) is 0 Å². The summed E-state index contributed by atoms with van der Waals surface area (Å²) in [6.45, 7) is 8.21. The molecule has 2 aromatic rings. The van der Waals surface area contributed by atoms with Gasteiger partial charge in [-0.15, -0.1) is 0 Å². The van der Waals surface area contributed by atoms with Crippen LogP contribution in [0, 0.1) is 5.92 Å². The first-order valence-corrected chi connectivity index (χ1v) is 13.4. The van der Waals surface area contributed by atoms with Gasteiger partial charge in [-0.1, -0.05) is 25.8 Å². The molecule has 2 N–H and O–H groups in total. The third-order valence-corrected chi connectivity index (χ3v) is 7.14. The summed E-state index contributed by atoms with van der Waals surface area (Å²) in [4.78, 5) is 14.6. The summed E-state index contributed by atoms with van der Waals surface area (Å²) in [6.07, 6.45) is 7.47. The number of benzene rings is 1. The molecule has 1 aromatic heterocycles. The zero-order valence-electron chi connectivity index (χ0n) is 20.6. The Morgan fingerprint density at radius 2 is 1.66 bits per heavy atom. The number of fused-ring (bicyclic) bond motifs is 1. The van der Waals surface area contributed by atoms with Crippen LogP contribution in [0.15, 0.2) is 24.3 Å². The average Bonchev–Trinajstić information content (AvgIpc) is 3.17. The van der Waals surface area contributed by atoms with E-state index >= 15 is 0 Å². The Hall–Kier alpha value is -2.81. The molecule has 8 nitrogen and oxygen atoms in total. The number of aromatic nitrogens is 2. The molecule has 188 valence electrons. The highest BCUT2D eigenvalue weighted by Gasteiger charge is 2.21. The summed E-state index contributed by atoms with van der Waals surface area (Å²) in [5.41, 5.74) is 1.07. The third kappa shape index (κ3) is 6.25. The van der Waals surface area contributed by atoms with Gasteiger partial charge in [-0.2, -0.15) is 9.97 Å². The fourth-order valence-electron chi connectivity index (χ4n) is 5.02. The molecule has 0 aliphatic carbocycles. The Bertz CT molecular complexity index is 1010. The van der Waals surface area contributed by atoms with Gasteiger partial charge >= 0.3 is 0 Å². The number of rotatable bonds is 5. The van der Waals surface area contributed by atoms with E-state index in [-0.39, 0.29) is 0 Å². The van der Waals surface area contributed by atoms with E-state index in [4.69, 9.17) is 31.7 Å². The summed E-state index contributed by atoms with van der Waals surface area (Å²) in [5.74, 6) is 4.78. The second kappa shape index (κ2) is 11.3. The molecule has 3 aliphatic rings. The van der Waals surface area contributed by atoms with Gasteiger partial charge in [0.15, 0.2) is 16.6 Å². The number of hydrogen-bond acceptors (Lipinski definition) is 7. The van der Waals surface area contributed by atoms with Crippen LogP contribution in [-0.4, -0.2) is 54.5 Å². The first-order chi connectivity index (χ1) is 17.1. The second-order valence-electron chi connectivity index (χ2n) is 9.79. The fourth-order valence-corrected chi connectivity index (χ4v) is 5.19. The Morgan fingerprint density at radius 3 is 2.43 bits per heavy atom. The number of nitrogens with one attached hydrogen (secondary N) is 2. The molecule has 0 amide bonds. The van der Waals surface area contributed by atoms with E-state index in [2.05, 4.69) is 33.4 Å². The number of piperidine rings is 1. The molecule has 35 heavy (non-hydrogen) atoms. The van der Waals surface area contributed by atoms with Crippen molar-refractivity contribution in [3.63, 3.8) is 0 Å². The fraction of sp³-hybridized carbons (Fsp3) is 0.577. The molecule has 1 atom stereocenters. The van der Waals surface area contributed by atoms with E-state index < -0.39 is 0 Å². The predicted octanol–water partition coefficient (Wildman–Crippen LogP) is 4.35. The number of hydrogen-bond donors (Lipinski definition) is 2. The second-order valence-corrected chi connectivity index (χ2v) is 10.2. The number of anilines is 3. The van der Waals surface area contributed by atoms with Crippen LogP contribution in [0.1, 0.15) is 51.0 Å². The summed E-state index contributed by atoms with van der Waals surface area (Å²) < 4.78 is 11.3. The van der Waals surface area contributed by atoms with Gasteiger partial charge in [0, 0.05) is 38.8 Å². The van der Waals surface area contributed by atoms with E-state index in [1.54, 1.807) is 0 Å². The van der Waals surface area contributed by atoms with Crippen molar-refractivity contribution in [3.8, 4) is 11.5 Å². The van der Waals surface area contributed by atoms with E-state index in [0.717, 1.165) is 54.9 Å². The molecular formula is C26H36N6O2S. The molecule has 2 saturated heterocycles. The molecule has 9 heteroatoms. The van der Waals surface area contributed by atoms with Crippen LogP contribution in [0.3, 0.4) is 0 Å².